The number of nitrogens with one attached hydrogen (secondary N) is 1. The lowest BCUT2D eigenvalue weighted by Gasteiger charge is -2.33. The molecule has 1 saturated heterocycles. The quantitative estimate of drug-likeness (QED) is 0.880. The molecule has 0 bridgehead atoms. The van der Waals surface area contributed by atoms with Crippen LogP contribution in [0.5, 0.6) is 5.75 Å². The first-order chi connectivity index (χ1) is 8.81. The van der Waals surface area contributed by atoms with E-state index in [-0.39, 0.29) is 12.6 Å². The highest BCUT2D eigenvalue weighted by atomic mass is 16.9. The number of fused-ring (bicyclic) bond motifs is 1. The van der Waals surface area contributed by atoms with E-state index in [9.17, 15) is 0 Å². The Bertz CT molecular complexity index is 416. The van der Waals surface area contributed by atoms with Crippen LogP contribution in [0.2, 0.25) is 0 Å². The fourth-order valence-corrected chi connectivity index (χ4v) is 2.42. The molecule has 1 aromatic carbocycles. The van der Waals surface area contributed by atoms with Gasteiger partial charge in [-0.25, -0.2) is 0 Å². The van der Waals surface area contributed by atoms with Gasteiger partial charge in [-0.05, 0) is 56.1 Å². The highest BCUT2D eigenvalue weighted by Crippen LogP contribution is 2.22. The lowest BCUT2D eigenvalue weighted by atomic mass is 10.0. The largest absolute Gasteiger partial charge is 0.488 e. The minimum atomic E-state index is -0.208. The minimum absolute atomic E-state index is 0.0864. The predicted molar refractivity (Wildman–Crippen MR) is 67.6 cm³/mol. The number of rotatable bonds is 3. The van der Waals surface area contributed by atoms with Gasteiger partial charge in [0.05, 0.1) is 0 Å². The zero-order chi connectivity index (χ0) is 12.4. The molecule has 0 aromatic heterocycles. The van der Waals surface area contributed by atoms with Crippen molar-refractivity contribution < 1.29 is 14.2 Å². The highest BCUT2D eigenvalue weighted by molar-refractivity contribution is 5.36. The SMILES string of the molecule is CC1OC(COc2ccc3c(c2)CCNCC3)O1. The third-order valence-electron chi connectivity index (χ3n) is 3.39. The topological polar surface area (TPSA) is 39.7 Å². The first kappa shape index (κ1) is 12.0. The molecule has 1 aromatic rings. The normalized spacial score (nSPS) is 26.9. The van der Waals surface area contributed by atoms with E-state index in [4.69, 9.17) is 14.2 Å². The monoisotopic (exact) mass is 249 g/mol. The van der Waals surface area contributed by atoms with Gasteiger partial charge in [0, 0.05) is 0 Å². The second kappa shape index (κ2) is 5.26. The molecule has 0 radical (unpaired) electrons. The summed E-state index contributed by atoms with van der Waals surface area (Å²) in [4.78, 5) is 0. The van der Waals surface area contributed by atoms with Gasteiger partial charge in [-0.15, -0.1) is 0 Å². The Hall–Kier alpha value is -1.10. The summed E-state index contributed by atoms with van der Waals surface area (Å²) in [5.74, 6) is 0.905. The molecule has 98 valence electrons. The van der Waals surface area contributed by atoms with Gasteiger partial charge < -0.3 is 19.5 Å². The third-order valence-corrected chi connectivity index (χ3v) is 3.39. The van der Waals surface area contributed by atoms with Gasteiger partial charge in [-0.3, -0.25) is 0 Å². The Morgan fingerprint density at radius 1 is 1.22 bits per heavy atom. The van der Waals surface area contributed by atoms with E-state index in [1.165, 1.54) is 11.1 Å². The summed E-state index contributed by atoms with van der Waals surface area (Å²) in [5, 5.41) is 3.41. The molecule has 1 N–H and O–H groups in total. The summed E-state index contributed by atoms with van der Waals surface area (Å²) < 4.78 is 16.4. The van der Waals surface area contributed by atoms with Gasteiger partial charge in [0.1, 0.15) is 12.4 Å². The fraction of sp³-hybridized carbons (Fsp3) is 0.571. The van der Waals surface area contributed by atoms with Crippen molar-refractivity contribution in [2.45, 2.75) is 32.3 Å². The van der Waals surface area contributed by atoms with E-state index >= 15 is 0 Å². The smallest absolute Gasteiger partial charge is 0.197 e. The standard InChI is InChI=1S/C14H19NO3/c1-10-17-14(18-10)9-16-13-3-2-11-4-6-15-7-5-12(11)8-13/h2-3,8,10,14-15H,4-7,9H2,1H3. The van der Waals surface area contributed by atoms with Crippen molar-refractivity contribution in [3.63, 3.8) is 0 Å². The molecule has 2 aliphatic heterocycles. The Morgan fingerprint density at radius 2 is 2.00 bits per heavy atom. The van der Waals surface area contributed by atoms with Gasteiger partial charge in [-0.1, -0.05) is 6.07 Å². The highest BCUT2D eigenvalue weighted by Gasteiger charge is 2.27. The van der Waals surface area contributed by atoms with Crippen LogP contribution in [0.25, 0.3) is 0 Å². The maximum Gasteiger partial charge on any atom is 0.197 e. The van der Waals surface area contributed by atoms with Gasteiger partial charge >= 0.3 is 0 Å². The molecule has 0 unspecified atom stereocenters. The minimum Gasteiger partial charge on any atom is -0.488 e. The fourth-order valence-electron chi connectivity index (χ4n) is 2.42. The summed E-state index contributed by atoms with van der Waals surface area (Å²) in [6.45, 7) is 4.45. The van der Waals surface area contributed by atoms with Crippen molar-refractivity contribution in [3.8, 4) is 5.75 Å². The van der Waals surface area contributed by atoms with Crippen LogP contribution in [-0.2, 0) is 22.3 Å². The van der Waals surface area contributed by atoms with Crippen molar-refractivity contribution in [3.05, 3.63) is 29.3 Å². The first-order valence-electron chi connectivity index (χ1n) is 6.57. The van der Waals surface area contributed by atoms with Crippen LogP contribution in [0.1, 0.15) is 18.1 Å². The van der Waals surface area contributed by atoms with Gasteiger partial charge in [-0.2, -0.15) is 0 Å². The van der Waals surface area contributed by atoms with E-state index in [0.717, 1.165) is 31.7 Å². The molecular weight excluding hydrogens is 230 g/mol. The average Bonchev–Trinajstić information content (AvgIpc) is 2.57. The summed E-state index contributed by atoms with van der Waals surface area (Å²) in [5.41, 5.74) is 2.82. The molecule has 0 atom stereocenters. The zero-order valence-corrected chi connectivity index (χ0v) is 10.6. The van der Waals surface area contributed by atoms with E-state index in [1.54, 1.807) is 0 Å². The number of benzene rings is 1. The summed E-state index contributed by atoms with van der Waals surface area (Å²) in [6, 6.07) is 6.35. The van der Waals surface area contributed by atoms with Gasteiger partial charge in [0.2, 0.25) is 0 Å². The molecule has 4 heteroatoms. The molecule has 3 rings (SSSR count). The maximum absolute atomic E-state index is 5.69. The maximum atomic E-state index is 5.69. The van der Waals surface area contributed by atoms with Crippen LogP contribution in [0.3, 0.4) is 0 Å². The van der Waals surface area contributed by atoms with Crippen LogP contribution < -0.4 is 10.1 Å². The molecule has 2 heterocycles. The summed E-state index contributed by atoms with van der Waals surface area (Å²) in [7, 11) is 0. The zero-order valence-electron chi connectivity index (χ0n) is 10.6. The molecule has 2 aliphatic rings. The van der Waals surface area contributed by atoms with Gasteiger partial charge in [0.15, 0.2) is 12.6 Å². The van der Waals surface area contributed by atoms with E-state index in [2.05, 4.69) is 17.4 Å². The Labute approximate surface area is 107 Å². The van der Waals surface area contributed by atoms with Crippen LogP contribution in [0.15, 0.2) is 18.2 Å². The lowest BCUT2D eigenvalue weighted by Crippen LogP contribution is -2.42. The summed E-state index contributed by atoms with van der Waals surface area (Å²) in [6.07, 6.45) is 1.87. The van der Waals surface area contributed by atoms with E-state index < -0.39 is 0 Å². The second-order valence-corrected chi connectivity index (χ2v) is 4.76. The van der Waals surface area contributed by atoms with Gasteiger partial charge in [0.25, 0.3) is 0 Å². The van der Waals surface area contributed by atoms with Crippen molar-refractivity contribution in [2.24, 2.45) is 0 Å². The molecule has 0 spiro atoms. The third kappa shape index (κ3) is 2.66. The van der Waals surface area contributed by atoms with Crippen LogP contribution >= 0.6 is 0 Å². The molecule has 0 aliphatic carbocycles. The first-order valence-corrected chi connectivity index (χ1v) is 6.57. The molecule has 18 heavy (non-hydrogen) atoms. The average molecular weight is 249 g/mol. The Morgan fingerprint density at radius 3 is 2.78 bits per heavy atom. The van der Waals surface area contributed by atoms with Crippen molar-refractivity contribution in [1.29, 1.82) is 0 Å². The molecular formula is C14H19NO3. The number of hydrogen-bond donors (Lipinski definition) is 1. The van der Waals surface area contributed by atoms with Crippen molar-refractivity contribution in [2.75, 3.05) is 19.7 Å². The molecule has 4 nitrogen and oxygen atoms in total. The molecule has 0 amide bonds. The molecule has 0 saturated carbocycles. The van der Waals surface area contributed by atoms with E-state index in [0.29, 0.717) is 6.61 Å². The molecule has 1 fully saturated rings. The van der Waals surface area contributed by atoms with Crippen molar-refractivity contribution >= 4 is 0 Å². The van der Waals surface area contributed by atoms with Crippen molar-refractivity contribution in [1.82, 2.24) is 5.32 Å². The van der Waals surface area contributed by atoms with Crippen LogP contribution in [0, 0.1) is 0 Å². The predicted octanol–water partition coefficient (Wildman–Crippen LogP) is 1.47. The number of hydrogen-bond acceptors (Lipinski definition) is 4. The van der Waals surface area contributed by atoms with Crippen LogP contribution in [0.4, 0.5) is 0 Å². The Kier molecular flexibility index (Phi) is 3.50. The second-order valence-electron chi connectivity index (χ2n) is 4.76. The lowest BCUT2D eigenvalue weighted by molar-refractivity contribution is -0.380. The Balaban J connectivity index is 1.60. The number of ether oxygens (including phenoxy) is 3. The van der Waals surface area contributed by atoms with E-state index in [1.807, 2.05) is 13.0 Å². The summed E-state index contributed by atoms with van der Waals surface area (Å²) >= 11 is 0. The van der Waals surface area contributed by atoms with Crippen LogP contribution in [-0.4, -0.2) is 32.3 Å².